The van der Waals surface area contributed by atoms with E-state index in [0.717, 1.165) is 36.8 Å². The first kappa shape index (κ1) is 12.9. The van der Waals surface area contributed by atoms with Crippen LogP contribution < -0.4 is 5.32 Å². The average molecular weight is 270 g/mol. The summed E-state index contributed by atoms with van der Waals surface area (Å²) in [4.78, 5) is 19.8. The predicted molar refractivity (Wildman–Crippen MR) is 76.9 cm³/mol. The summed E-state index contributed by atoms with van der Waals surface area (Å²) in [5, 5.41) is 3.18. The van der Waals surface area contributed by atoms with E-state index in [0.29, 0.717) is 11.7 Å². The van der Waals surface area contributed by atoms with E-state index < -0.39 is 0 Å². The van der Waals surface area contributed by atoms with Gasteiger partial charge in [-0.25, -0.2) is 15.0 Å². The molecule has 1 fully saturated rings. The van der Waals surface area contributed by atoms with Crippen LogP contribution in [0.15, 0.2) is 24.7 Å². The maximum Gasteiger partial charge on any atom is 0.150 e. The second kappa shape index (κ2) is 5.50. The van der Waals surface area contributed by atoms with Crippen molar-refractivity contribution < 1.29 is 0 Å². The highest BCUT2D eigenvalue weighted by molar-refractivity contribution is 5.50. The van der Waals surface area contributed by atoms with E-state index in [4.69, 9.17) is 0 Å². The number of aryl methyl sites for hydroxylation is 1. The number of nitrogens with one attached hydrogen (secondary N) is 1. The Hall–Kier alpha value is -2.08. The van der Waals surface area contributed by atoms with Crippen LogP contribution in [0.5, 0.6) is 0 Å². The predicted octanol–water partition coefficient (Wildman–Crippen LogP) is 1.74. The molecule has 1 unspecified atom stereocenters. The summed E-state index contributed by atoms with van der Waals surface area (Å²) in [6, 6.07) is 1.93. The second-order valence-electron chi connectivity index (χ2n) is 5.22. The Morgan fingerprint density at radius 1 is 1.25 bits per heavy atom. The van der Waals surface area contributed by atoms with E-state index in [-0.39, 0.29) is 0 Å². The lowest BCUT2D eigenvalue weighted by Gasteiger charge is -2.12. The third-order valence-electron chi connectivity index (χ3n) is 3.45. The lowest BCUT2D eigenvalue weighted by molar-refractivity contribution is 0.409. The smallest absolute Gasteiger partial charge is 0.150 e. The van der Waals surface area contributed by atoms with Crippen LogP contribution in [0.1, 0.15) is 23.9 Å². The number of hydrogen-bond acceptors (Lipinski definition) is 6. The molecular formula is C14H18N6. The summed E-state index contributed by atoms with van der Waals surface area (Å²) >= 11 is 0. The van der Waals surface area contributed by atoms with E-state index in [1.807, 2.05) is 13.0 Å². The lowest BCUT2D eigenvalue weighted by atomic mass is 10.1. The molecule has 3 rings (SSSR count). The van der Waals surface area contributed by atoms with E-state index in [1.165, 1.54) is 0 Å². The molecule has 2 aromatic heterocycles. The number of rotatable bonds is 3. The van der Waals surface area contributed by atoms with Crippen LogP contribution in [-0.2, 0) is 0 Å². The van der Waals surface area contributed by atoms with Gasteiger partial charge in [0.1, 0.15) is 17.5 Å². The summed E-state index contributed by atoms with van der Waals surface area (Å²) in [6.45, 7) is 4.12. The Bertz CT molecular complexity index is 585. The zero-order valence-electron chi connectivity index (χ0n) is 11.7. The van der Waals surface area contributed by atoms with Gasteiger partial charge in [-0.3, -0.25) is 4.98 Å². The van der Waals surface area contributed by atoms with Crippen LogP contribution in [0.2, 0.25) is 0 Å². The highest BCUT2D eigenvalue weighted by atomic mass is 15.1. The van der Waals surface area contributed by atoms with Crippen LogP contribution >= 0.6 is 0 Å². The quantitative estimate of drug-likeness (QED) is 0.916. The molecule has 0 aliphatic carbocycles. The molecule has 0 amide bonds. The number of anilines is 2. The maximum atomic E-state index is 4.63. The highest BCUT2D eigenvalue weighted by Crippen LogP contribution is 2.25. The molecule has 1 aliphatic rings. The molecule has 1 atom stereocenters. The van der Waals surface area contributed by atoms with Crippen LogP contribution in [0.25, 0.3) is 0 Å². The molecule has 0 aromatic carbocycles. The van der Waals surface area contributed by atoms with Crippen molar-refractivity contribution in [1.29, 1.82) is 0 Å². The van der Waals surface area contributed by atoms with Gasteiger partial charge in [-0.2, -0.15) is 0 Å². The van der Waals surface area contributed by atoms with E-state index in [9.17, 15) is 0 Å². The van der Waals surface area contributed by atoms with Crippen LogP contribution in [0.4, 0.5) is 11.6 Å². The van der Waals surface area contributed by atoms with Gasteiger partial charge in [0.05, 0.1) is 6.20 Å². The molecule has 6 nitrogen and oxygen atoms in total. The standard InChI is InChI=1S/C14H18N6/c1-10-7-12(18-13-8-15-4-5-16-13)19-14(17-10)11-3-6-20(2)9-11/h4-5,7-8,11H,3,6,9H2,1-2H3,(H,16,17,18,19). The van der Waals surface area contributed by atoms with Crippen molar-refractivity contribution in [3.05, 3.63) is 36.2 Å². The lowest BCUT2D eigenvalue weighted by Crippen LogP contribution is -2.15. The Labute approximate surface area is 118 Å². The SMILES string of the molecule is Cc1cc(Nc2cnccn2)nc(C2CCN(C)C2)n1. The Kier molecular flexibility index (Phi) is 3.56. The third-order valence-corrected chi connectivity index (χ3v) is 3.45. The molecule has 1 aliphatic heterocycles. The summed E-state index contributed by atoms with van der Waals surface area (Å²) in [7, 11) is 2.13. The highest BCUT2D eigenvalue weighted by Gasteiger charge is 2.24. The monoisotopic (exact) mass is 270 g/mol. The van der Waals surface area contributed by atoms with Gasteiger partial charge in [0.25, 0.3) is 0 Å². The van der Waals surface area contributed by atoms with Crippen molar-refractivity contribution in [2.45, 2.75) is 19.3 Å². The van der Waals surface area contributed by atoms with Gasteiger partial charge in [0, 0.05) is 36.6 Å². The van der Waals surface area contributed by atoms with Crippen molar-refractivity contribution >= 4 is 11.6 Å². The minimum absolute atomic E-state index is 0.419. The van der Waals surface area contributed by atoms with Crippen LogP contribution in [0.3, 0.4) is 0 Å². The minimum Gasteiger partial charge on any atom is -0.324 e. The Morgan fingerprint density at radius 2 is 2.15 bits per heavy atom. The molecule has 0 saturated carbocycles. The Balaban J connectivity index is 1.83. The van der Waals surface area contributed by atoms with E-state index >= 15 is 0 Å². The second-order valence-corrected chi connectivity index (χ2v) is 5.22. The van der Waals surface area contributed by atoms with Crippen molar-refractivity contribution in [3.8, 4) is 0 Å². The fourth-order valence-electron chi connectivity index (χ4n) is 2.48. The molecule has 0 spiro atoms. The normalized spacial score (nSPS) is 19.2. The fourth-order valence-corrected chi connectivity index (χ4v) is 2.48. The fraction of sp³-hybridized carbons (Fsp3) is 0.429. The van der Waals surface area contributed by atoms with Gasteiger partial charge < -0.3 is 10.2 Å². The third kappa shape index (κ3) is 2.91. The molecule has 104 valence electrons. The van der Waals surface area contributed by atoms with Crippen molar-refractivity contribution in [3.63, 3.8) is 0 Å². The van der Waals surface area contributed by atoms with Crippen molar-refractivity contribution in [1.82, 2.24) is 24.8 Å². The van der Waals surface area contributed by atoms with Gasteiger partial charge in [-0.05, 0) is 26.9 Å². The van der Waals surface area contributed by atoms with Crippen molar-refractivity contribution in [2.75, 3.05) is 25.5 Å². The first-order valence-corrected chi connectivity index (χ1v) is 6.78. The zero-order valence-corrected chi connectivity index (χ0v) is 11.7. The minimum atomic E-state index is 0.419. The Morgan fingerprint density at radius 3 is 2.85 bits per heavy atom. The summed E-state index contributed by atoms with van der Waals surface area (Å²) < 4.78 is 0. The molecule has 1 N–H and O–H groups in total. The number of hydrogen-bond donors (Lipinski definition) is 1. The number of aromatic nitrogens is 4. The van der Waals surface area contributed by atoms with Crippen LogP contribution in [-0.4, -0.2) is 45.0 Å². The average Bonchev–Trinajstić information content (AvgIpc) is 2.86. The van der Waals surface area contributed by atoms with Gasteiger partial charge in [-0.15, -0.1) is 0 Å². The zero-order chi connectivity index (χ0) is 13.9. The number of likely N-dealkylation sites (tertiary alicyclic amines) is 1. The van der Waals surface area contributed by atoms with Crippen LogP contribution in [0, 0.1) is 6.92 Å². The van der Waals surface area contributed by atoms with Gasteiger partial charge >= 0.3 is 0 Å². The molecule has 1 saturated heterocycles. The molecule has 2 aromatic rings. The van der Waals surface area contributed by atoms with Crippen molar-refractivity contribution in [2.24, 2.45) is 0 Å². The van der Waals surface area contributed by atoms with E-state index in [2.05, 4.69) is 37.2 Å². The maximum absolute atomic E-state index is 4.63. The summed E-state index contributed by atoms with van der Waals surface area (Å²) in [6.07, 6.45) is 6.10. The largest absolute Gasteiger partial charge is 0.324 e. The molecular weight excluding hydrogens is 252 g/mol. The van der Waals surface area contributed by atoms with Gasteiger partial charge in [-0.1, -0.05) is 0 Å². The number of likely N-dealkylation sites (N-methyl/N-ethyl adjacent to an activating group) is 1. The van der Waals surface area contributed by atoms with Gasteiger partial charge in [0.15, 0.2) is 0 Å². The molecule has 20 heavy (non-hydrogen) atoms. The van der Waals surface area contributed by atoms with E-state index in [1.54, 1.807) is 18.6 Å². The summed E-state index contributed by atoms with van der Waals surface area (Å²) in [5.41, 5.74) is 0.968. The number of nitrogens with zero attached hydrogens (tertiary/aromatic N) is 5. The molecule has 0 radical (unpaired) electrons. The molecule has 6 heteroatoms. The van der Waals surface area contributed by atoms with Gasteiger partial charge in [0.2, 0.25) is 0 Å². The summed E-state index contributed by atoms with van der Waals surface area (Å²) in [5.74, 6) is 2.81. The first-order valence-electron chi connectivity index (χ1n) is 6.78. The molecule has 0 bridgehead atoms. The topological polar surface area (TPSA) is 66.8 Å². The first-order chi connectivity index (χ1) is 9.70. The molecule has 3 heterocycles.